The molecule has 106 valence electrons. The highest BCUT2D eigenvalue weighted by Crippen LogP contribution is 2.25. The summed E-state index contributed by atoms with van der Waals surface area (Å²) < 4.78 is 0. The van der Waals surface area contributed by atoms with Crippen LogP contribution in [-0.4, -0.2) is 53.9 Å². The Hall–Kier alpha value is -1.72. The quantitative estimate of drug-likeness (QED) is 0.906. The number of piperazine rings is 1. The number of hydrogen-bond acceptors (Lipinski definition) is 5. The average molecular weight is 271 g/mol. The third kappa shape index (κ3) is 2.46. The molecule has 0 aliphatic carbocycles. The average Bonchev–Trinajstić information content (AvgIpc) is 2.54. The van der Waals surface area contributed by atoms with Gasteiger partial charge in [-0.25, -0.2) is 0 Å². The Morgan fingerprint density at radius 1 is 1.20 bits per heavy atom. The Labute approximate surface area is 119 Å². The number of nitrogens with two attached hydrogens (primary N) is 1. The third-order valence-electron chi connectivity index (χ3n) is 4.14. The molecule has 1 atom stereocenters. The molecule has 2 heterocycles. The molecule has 0 bridgehead atoms. The van der Waals surface area contributed by atoms with Crippen molar-refractivity contribution in [2.75, 3.05) is 37.6 Å². The van der Waals surface area contributed by atoms with Crippen molar-refractivity contribution in [3.8, 4) is 0 Å². The second-order valence-electron chi connectivity index (χ2n) is 5.35. The molecule has 2 N–H and O–H groups in total. The number of rotatable bonds is 3. The summed E-state index contributed by atoms with van der Waals surface area (Å²) >= 11 is 0. The van der Waals surface area contributed by atoms with Gasteiger partial charge in [0.25, 0.3) is 0 Å². The van der Waals surface area contributed by atoms with Gasteiger partial charge in [-0.05, 0) is 13.0 Å². The van der Waals surface area contributed by atoms with Crippen LogP contribution >= 0.6 is 0 Å². The predicted molar refractivity (Wildman–Crippen MR) is 81.8 cm³/mol. The lowest BCUT2D eigenvalue weighted by molar-refractivity contribution is 0.201. The highest BCUT2D eigenvalue weighted by atomic mass is 15.3. The Balaban J connectivity index is 1.80. The number of anilines is 1. The summed E-state index contributed by atoms with van der Waals surface area (Å²) in [5.74, 6) is 0. The topological polar surface area (TPSA) is 58.3 Å². The van der Waals surface area contributed by atoms with E-state index in [4.69, 9.17) is 5.73 Å². The van der Waals surface area contributed by atoms with Crippen molar-refractivity contribution >= 4 is 16.6 Å². The Morgan fingerprint density at radius 2 is 1.95 bits per heavy atom. The number of aromatic nitrogens is 2. The van der Waals surface area contributed by atoms with Crippen molar-refractivity contribution in [1.29, 1.82) is 0 Å². The first-order valence-electron chi connectivity index (χ1n) is 7.19. The molecule has 1 saturated heterocycles. The highest BCUT2D eigenvalue weighted by molar-refractivity contribution is 5.90. The van der Waals surface area contributed by atoms with Gasteiger partial charge in [0.1, 0.15) is 0 Å². The maximum Gasteiger partial charge on any atom is 0.0950 e. The van der Waals surface area contributed by atoms with E-state index >= 15 is 0 Å². The van der Waals surface area contributed by atoms with Crippen LogP contribution < -0.4 is 10.6 Å². The Bertz CT molecular complexity index is 572. The minimum absolute atomic E-state index is 0.462. The zero-order valence-electron chi connectivity index (χ0n) is 11.9. The van der Waals surface area contributed by atoms with Gasteiger partial charge in [-0.15, -0.1) is 0 Å². The van der Waals surface area contributed by atoms with Gasteiger partial charge in [-0.1, -0.05) is 18.2 Å². The van der Waals surface area contributed by atoms with Crippen molar-refractivity contribution in [1.82, 2.24) is 15.1 Å². The van der Waals surface area contributed by atoms with Crippen LogP contribution in [0.15, 0.2) is 30.5 Å². The largest absolute Gasteiger partial charge is 0.367 e. The van der Waals surface area contributed by atoms with Gasteiger partial charge >= 0.3 is 0 Å². The molecule has 0 radical (unpaired) electrons. The number of nitrogens with zero attached hydrogens (tertiary/aromatic N) is 4. The van der Waals surface area contributed by atoms with E-state index in [1.165, 1.54) is 11.1 Å². The molecule has 0 spiro atoms. The predicted octanol–water partition coefficient (Wildman–Crippen LogP) is 1.10. The first-order chi connectivity index (χ1) is 9.79. The van der Waals surface area contributed by atoms with Crippen LogP contribution in [0, 0.1) is 0 Å². The molecule has 1 aromatic heterocycles. The van der Waals surface area contributed by atoms with E-state index < -0.39 is 0 Å². The van der Waals surface area contributed by atoms with Crippen LogP contribution in [0.2, 0.25) is 0 Å². The SMILES string of the molecule is CC(CN)N1CCN(c2cnnc3ccccc23)CC1. The molecule has 1 aliphatic heterocycles. The van der Waals surface area contributed by atoms with E-state index in [0.717, 1.165) is 38.2 Å². The standard InChI is InChI=1S/C15H21N5/c1-12(10-16)19-6-8-20(9-7-19)15-11-17-18-14-5-3-2-4-13(14)15/h2-5,11-12H,6-10,16H2,1H3. The van der Waals surface area contributed by atoms with E-state index in [2.05, 4.69) is 39.1 Å². The lowest BCUT2D eigenvalue weighted by Gasteiger charge is -2.38. The Kier molecular flexibility index (Phi) is 3.80. The van der Waals surface area contributed by atoms with Gasteiger partial charge in [0.15, 0.2) is 0 Å². The fourth-order valence-electron chi connectivity index (χ4n) is 2.80. The van der Waals surface area contributed by atoms with Crippen molar-refractivity contribution in [2.24, 2.45) is 5.73 Å². The van der Waals surface area contributed by atoms with Crippen molar-refractivity contribution in [2.45, 2.75) is 13.0 Å². The van der Waals surface area contributed by atoms with Crippen LogP contribution in [0.5, 0.6) is 0 Å². The second-order valence-corrected chi connectivity index (χ2v) is 5.35. The van der Waals surface area contributed by atoms with E-state index in [9.17, 15) is 0 Å². The number of benzene rings is 1. The first kappa shape index (κ1) is 13.3. The fourth-order valence-corrected chi connectivity index (χ4v) is 2.80. The maximum atomic E-state index is 5.75. The Morgan fingerprint density at radius 3 is 2.70 bits per heavy atom. The van der Waals surface area contributed by atoms with Crippen LogP contribution in [0.25, 0.3) is 10.9 Å². The van der Waals surface area contributed by atoms with Gasteiger partial charge < -0.3 is 10.6 Å². The molecule has 1 unspecified atom stereocenters. The molecule has 3 rings (SSSR count). The summed E-state index contributed by atoms with van der Waals surface area (Å²) in [6.45, 7) is 7.04. The summed E-state index contributed by atoms with van der Waals surface area (Å²) in [6, 6.07) is 8.65. The molecule has 1 fully saturated rings. The normalized spacial score (nSPS) is 18.4. The lowest BCUT2D eigenvalue weighted by atomic mass is 10.1. The number of hydrogen-bond donors (Lipinski definition) is 1. The van der Waals surface area contributed by atoms with Crippen molar-refractivity contribution in [3.63, 3.8) is 0 Å². The minimum Gasteiger partial charge on any atom is -0.367 e. The monoisotopic (exact) mass is 271 g/mol. The van der Waals surface area contributed by atoms with Crippen molar-refractivity contribution < 1.29 is 0 Å². The van der Waals surface area contributed by atoms with Crippen LogP contribution in [0.3, 0.4) is 0 Å². The third-order valence-corrected chi connectivity index (χ3v) is 4.14. The zero-order chi connectivity index (χ0) is 13.9. The summed E-state index contributed by atoms with van der Waals surface area (Å²) in [5.41, 5.74) is 7.90. The van der Waals surface area contributed by atoms with E-state index in [0.29, 0.717) is 6.04 Å². The molecule has 0 saturated carbocycles. The van der Waals surface area contributed by atoms with E-state index in [1.807, 2.05) is 18.3 Å². The maximum absolute atomic E-state index is 5.75. The molecule has 2 aromatic rings. The number of fused-ring (bicyclic) bond motifs is 1. The van der Waals surface area contributed by atoms with E-state index in [1.54, 1.807) is 0 Å². The second kappa shape index (κ2) is 5.73. The summed E-state index contributed by atoms with van der Waals surface area (Å²) in [5, 5.41) is 9.51. The van der Waals surface area contributed by atoms with Crippen LogP contribution in [-0.2, 0) is 0 Å². The van der Waals surface area contributed by atoms with Crippen LogP contribution in [0.1, 0.15) is 6.92 Å². The van der Waals surface area contributed by atoms with Gasteiger partial charge in [0.2, 0.25) is 0 Å². The van der Waals surface area contributed by atoms with Gasteiger partial charge in [0.05, 0.1) is 17.4 Å². The molecule has 5 nitrogen and oxygen atoms in total. The molecular formula is C15H21N5. The highest BCUT2D eigenvalue weighted by Gasteiger charge is 2.21. The molecule has 0 amide bonds. The summed E-state index contributed by atoms with van der Waals surface area (Å²) in [6.07, 6.45) is 1.88. The smallest absolute Gasteiger partial charge is 0.0950 e. The minimum atomic E-state index is 0.462. The first-order valence-corrected chi connectivity index (χ1v) is 7.19. The fraction of sp³-hybridized carbons (Fsp3) is 0.467. The van der Waals surface area contributed by atoms with Gasteiger partial charge in [0, 0.05) is 44.2 Å². The van der Waals surface area contributed by atoms with Gasteiger partial charge in [-0.2, -0.15) is 10.2 Å². The molecule has 1 aliphatic rings. The van der Waals surface area contributed by atoms with E-state index in [-0.39, 0.29) is 0 Å². The van der Waals surface area contributed by atoms with Crippen LogP contribution in [0.4, 0.5) is 5.69 Å². The summed E-state index contributed by atoms with van der Waals surface area (Å²) in [4.78, 5) is 4.85. The lowest BCUT2D eigenvalue weighted by Crippen LogP contribution is -2.51. The summed E-state index contributed by atoms with van der Waals surface area (Å²) in [7, 11) is 0. The zero-order valence-corrected chi connectivity index (χ0v) is 11.9. The van der Waals surface area contributed by atoms with Crippen molar-refractivity contribution in [3.05, 3.63) is 30.5 Å². The van der Waals surface area contributed by atoms with Gasteiger partial charge in [-0.3, -0.25) is 4.90 Å². The molecular weight excluding hydrogens is 250 g/mol. The molecule has 20 heavy (non-hydrogen) atoms. The molecule has 5 heteroatoms. The molecule has 1 aromatic carbocycles.